The first-order valence-electron chi connectivity index (χ1n) is 11.2. The van der Waals surface area contributed by atoms with Crippen LogP contribution in [0.3, 0.4) is 0 Å². The Kier molecular flexibility index (Phi) is 7.78. The van der Waals surface area contributed by atoms with Gasteiger partial charge < -0.3 is 9.47 Å². The first kappa shape index (κ1) is 28.8. The van der Waals surface area contributed by atoms with Crippen molar-refractivity contribution in [2.24, 2.45) is 0 Å². The zero-order chi connectivity index (χ0) is 30.1. The first-order valence-corrected chi connectivity index (χ1v) is 11.6. The van der Waals surface area contributed by atoms with E-state index in [9.17, 15) is 42.5 Å². The average Bonchev–Trinajstić information content (AvgIpc) is 2.91. The van der Waals surface area contributed by atoms with E-state index >= 15 is 0 Å². The van der Waals surface area contributed by atoms with E-state index in [-0.39, 0.29) is 27.6 Å². The van der Waals surface area contributed by atoms with E-state index in [1.54, 1.807) is 0 Å². The third-order valence-corrected chi connectivity index (χ3v) is 5.86. The number of esters is 1. The number of carbonyl (C=O) groups excluding carboxylic acids is 4. The number of ether oxygens (including phenoxy) is 2. The van der Waals surface area contributed by atoms with Gasteiger partial charge in [-0.2, -0.15) is 13.2 Å². The molecular formula is C26H15ClF3N3O8. The molecular weight excluding hydrogens is 575 g/mol. The van der Waals surface area contributed by atoms with Gasteiger partial charge in [0.1, 0.15) is 11.3 Å². The summed E-state index contributed by atoms with van der Waals surface area (Å²) in [5, 5.41) is 13.6. The second-order valence-corrected chi connectivity index (χ2v) is 8.65. The number of methoxy groups -OCH3 is 1. The summed E-state index contributed by atoms with van der Waals surface area (Å²) < 4.78 is 49.4. The van der Waals surface area contributed by atoms with Crippen molar-refractivity contribution in [3.63, 3.8) is 0 Å². The number of barbiturate groups is 1. The number of nitro benzene ring substituents is 1. The standard InChI is InChI=1S/C26H15ClF3N3O8/c1-40-24(36)13-2-6-17(7-3-13)32-23(35)18(22(34)31-25(32)37)11-14-10-16(27)5-9-20(14)41-21-8-4-15(26(28,29)30)12-19(21)33(38)39/h2-12H,1H3,(H,31,34,37)/b18-11+. The summed E-state index contributed by atoms with van der Waals surface area (Å²) in [5.41, 5.74) is -2.78. The van der Waals surface area contributed by atoms with Crippen LogP contribution >= 0.6 is 11.6 Å². The molecule has 4 rings (SSSR count). The molecule has 4 amide bonds. The number of rotatable bonds is 6. The molecule has 41 heavy (non-hydrogen) atoms. The number of nitrogens with one attached hydrogen (secondary N) is 1. The summed E-state index contributed by atoms with van der Waals surface area (Å²) in [6.07, 6.45) is -3.85. The second kappa shape index (κ2) is 11.1. The largest absolute Gasteiger partial charge is 0.465 e. The Morgan fingerprint density at radius 3 is 2.29 bits per heavy atom. The average molecular weight is 590 g/mol. The molecule has 0 spiro atoms. The van der Waals surface area contributed by atoms with Crippen LogP contribution in [0.1, 0.15) is 21.5 Å². The third-order valence-electron chi connectivity index (χ3n) is 5.62. The van der Waals surface area contributed by atoms with Gasteiger partial charge >= 0.3 is 23.9 Å². The van der Waals surface area contributed by atoms with Crippen molar-refractivity contribution in [3.05, 3.63) is 98.1 Å². The number of hydrogen-bond acceptors (Lipinski definition) is 8. The Bertz CT molecular complexity index is 1640. The number of nitro groups is 1. The van der Waals surface area contributed by atoms with E-state index in [2.05, 4.69) is 4.74 Å². The first-order chi connectivity index (χ1) is 19.3. The van der Waals surface area contributed by atoms with E-state index in [1.807, 2.05) is 5.32 Å². The number of halogens is 4. The maximum absolute atomic E-state index is 13.3. The molecule has 0 aliphatic carbocycles. The zero-order valence-corrected chi connectivity index (χ0v) is 21.3. The van der Waals surface area contributed by atoms with Crippen LogP contribution in [-0.4, -0.2) is 35.8 Å². The zero-order valence-electron chi connectivity index (χ0n) is 20.5. The van der Waals surface area contributed by atoms with Crippen LogP contribution < -0.4 is 15.0 Å². The van der Waals surface area contributed by atoms with E-state index < -0.39 is 57.5 Å². The minimum Gasteiger partial charge on any atom is -0.465 e. The lowest BCUT2D eigenvalue weighted by Crippen LogP contribution is -2.54. The van der Waals surface area contributed by atoms with Crippen molar-refractivity contribution in [1.29, 1.82) is 0 Å². The van der Waals surface area contributed by atoms with E-state index in [0.29, 0.717) is 17.0 Å². The maximum atomic E-state index is 13.3. The number of imide groups is 2. The summed E-state index contributed by atoms with van der Waals surface area (Å²) in [5.74, 6) is -3.60. The van der Waals surface area contributed by atoms with Crippen molar-refractivity contribution in [1.82, 2.24) is 5.32 Å². The van der Waals surface area contributed by atoms with Crippen molar-refractivity contribution in [3.8, 4) is 11.5 Å². The highest BCUT2D eigenvalue weighted by atomic mass is 35.5. The molecule has 210 valence electrons. The monoisotopic (exact) mass is 589 g/mol. The van der Waals surface area contributed by atoms with Crippen LogP contribution in [0.5, 0.6) is 11.5 Å². The molecule has 0 aromatic heterocycles. The summed E-state index contributed by atoms with van der Waals surface area (Å²) in [4.78, 5) is 61.1. The number of anilines is 1. The molecule has 0 atom stereocenters. The molecule has 1 saturated heterocycles. The minimum absolute atomic E-state index is 0.00139. The van der Waals surface area contributed by atoms with Gasteiger partial charge in [-0.15, -0.1) is 0 Å². The molecule has 0 radical (unpaired) electrons. The topological polar surface area (TPSA) is 145 Å². The molecule has 1 N–H and O–H groups in total. The highest BCUT2D eigenvalue weighted by molar-refractivity contribution is 6.39. The van der Waals surface area contributed by atoms with Gasteiger partial charge in [0.2, 0.25) is 5.75 Å². The van der Waals surface area contributed by atoms with Gasteiger partial charge in [0, 0.05) is 16.7 Å². The van der Waals surface area contributed by atoms with Gasteiger partial charge in [-0.05, 0) is 60.7 Å². The molecule has 1 heterocycles. The number of amides is 4. The smallest absolute Gasteiger partial charge is 0.416 e. The fourth-order valence-electron chi connectivity index (χ4n) is 3.68. The van der Waals surface area contributed by atoms with Gasteiger partial charge in [-0.1, -0.05) is 11.6 Å². The Morgan fingerprint density at radius 2 is 1.68 bits per heavy atom. The lowest BCUT2D eigenvalue weighted by Gasteiger charge is -2.26. The van der Waals surface area contributed by atoms with Crippen LogP contribution in [0.15, 0.2) is 66.2 Å². The summed E-state index contributed by atoms with van der Waals surface area (Å²) in [6.45, 7) is 0. The Morgan fingerprint density at radius 1 is 1.02 bits per heavy atom. The second-order valence-electron chi connectivity index (χ2n) is 8.22. The van der Waals surface area contributed by atoms with E-state index in [4.69, 9.17) is 16.3 Å². The van der Waals surface area contributed by atoms with E-state index in [1.165, 1.54) is 49.6 Å². The normalized spacial score (nSPS) is 14.6. The van der Waals surface area contributed by atoms with Crippen molar-refractivity contribution >= 4 is 52.9 Å². The van der Waals surface area contributed by atoms with E-state index in [0.717, 1.165) is 12.1 Å². The lowest BCUT2D eigenvalue weighted by molar-refractivity contribution is -0.385. The van der Waals surface area contributed by atoms with Crippen LogP contribution in [0.2, 0.25) is 5.02 Å². The molecule has 0 unspecified atom stereocenters. The van der Waals surface area contributed by atoms with Crippen molar-refractivity contribution in [2.45, 2.75) is 6.18 Å². The van der Waals surface area contributed by atoms with Crippen LogP contribution in [0.25, 0.3) is 6.08 Å². The number of urea groups is 1. The van der Waals surface area contributed by atoms with Crippen molar-refractivity contribution < 1.29 is 46.7 Å². The van der Waals surface area contributed by atoms with Gasteiger partial charge in [0.15, 0.2) is 0 Å². The molecule has 0 bridgehead atoms. The highest BCUT2D eigenvalue weighted by Gasteiger charge is 2.37. The highest BCUT2D eigenvalue weighted by Crippen LogP contribution is 2.39. The molecule has 3 aromatic carbocycles. The number of alkyl halides is 3. The number of carbonyl (C=O) groups is 4. The Balaban J connectivity index is 1.73. The van der Waals surface area contributed by atoms with Gasteiger partial charge in [0.05, 0.1) is 28.8 Å². The SMILES string of the molecule is COC(=O)c1ccc(N2C(=O)NC(=O)/C(=C\c3cc(Cl)ccc3Oc3ccc(C(F)(F)F)cc3[N+](=O)[O-])C2=O)cc1. The fraction of sp³-hybridized carbons (Fsp3) is 0.0769. The van der Waals surface area contributed by atoms with Crippen LogP contribution in [0.4, 0.5) is 29.3 Å². The number of nitrogens with zero attached hydrogens (tertiary/aromatic N) is 2. The molecule has 3 aromatic rings. The number of benzene rings is 3. The molecule has 1 fully saturated rings. The molecule has 1 aliphatic rings. The van der Waals surface area contributed by atoms with Crippen LogP contribution in [0, 0.1) is 10.1 Å². The summed E-state index contributed by atoms with van der Waals surface area (Å²) in [6, 6.07) is 9.44. The number of hydrogen-bond donors (Lipinski definition) is 1. The summed E-state index contributed by atoms with van der Waals surface area (Å²) in [7, 11) is 1.17. The Labute approximate surface area is 232 Å². The van der Waals surface area contributed by atoms with Crippen LogP contribution in [-0.2, 0) is 20.5 Å². The third kappa shape index (κ3) is 6.01. The summed E-state index contributed by atoms with van der Waals surface area (Å²) >= 11 is 6.06. The van der Waals surface area contributed by atoms with Crippen molar-refractivity contribution in [2.75, 3.05) is 12.0 Å². The molecule has 11 nitrogen and oxygen atoms in total. The van der Waals surface area contributed by atoms with Gasteiger partial charge in [-0.3, -0.25) is 25.0 Å². The van der Waals surface area contributed by atoms with Gasteiger partial charge in [0.25, 0.3) is 11.8 Å². The minimum atomic E-state index is -4.85. The quantitative estimate of drug-likeness (QED) is 0.130. The maximum Gasteiger partial charge on any atom is 0.416 e. The van der Waals surface area contributed by atoms with Gasteiger partial charge in [-0.25, -0.2) is 14.5 Å². The predicted octanol–water partition coefficient (Wildman–Crippen LogP) is 5.51. The lowest BCUT2D eigenvalue weighted by atomic mass is 10.1. The predicted molar refractivity (Wildman–Crippen MR) is 136 cm³/mol. The molecule has 1 aliphatic heterocycles. The fourth-order valence-corrected chi connectivity index (χ4v) is 3.86. The molecule has 15 heteroatoms. The Hall–Kier alpha value is -5.24. The molecule has 0 saturated carbocycles.